The number of nitriles is 1. The van der Waals surface area contributed by atoms with Gasteiger partial charge in [-0.15, -0.1) is 0 Å². The van der Waals surface area contributed by atoms with E-state index in [1.807, 2.05) is 25.1 Å². The van der Waals surface area contributed by atoms with E-state index in [1.165, 1.54) is 23.9 Å². The number of aryl methyl sites for hydroxylation is 1. The number of nitro groups is 1. The van der Waals surface area contributed by atoms with E-state index in [4.69, 9.17) is 5.26 Å². The summed E-state index contributed by atoms with van der Waals surface area (Å²) in [5.74, 6) is 0. The van der Waals surface area contributed by atoms with E-state index in [9.17, 15) is 10.1 Å². The zero-order valence-electron chi connectivity index (χ0n) is 10.9. The van der Waals surface area contributed by atoms with Crippen LogP contribution in [0.3, 0.4) is 0 Å². The molecule has 0 aliphatic heterocycles. The maximum Gasteiger partial charge on any atom is 0.269 e. The largest absolute Gasteiger partial charge is 0.269 e. The molecule has 20 heavy (non-hydrogen) atoms. The number of hydrogen-bond donors (Lipinski definition) is 0. The van der Waals surface area contributed by atoms with Crippen molar-refractivity contribution in [2.45, 2.75) is 23.1 Å². The lowest BCUT2D eigenvalue weighted by Crippen LogP contribution is -1.88. The van der Waals surface area contributed by atoms with Crippen LogP contribution in [0, 0.1) is 21.4 Å². The van der Waals surface area contributed by atoms with Crippen molar-refractivity contribution in [3.05, 3.63) is 63.7 Å². The van der Waals surface area contributed by atoms with Crippen LogP contribution in [0.4, 0.5) is 5.69 Å². The van der Waals surface area contributed by atoms with Gasteiger partial charge in [-0.3, -0.25) is 10.1 Å². The molecule has 0 saturated heterocycles. The van der Waals surface area contributed by atoms with E-state index in [0.29, 0.717) is 5.56 Å². The number of nitro benzene ring substituents is 1. The predicted molar refractivity (Wildman–Crippen MR) is 77.8 cm³/mol. The summed E-state index contributed by atoms with van der Waals surface area (Å²) in [6, 6.07) is 14.3. The molecule has 0 bridgehead atoms. The van der Waals surface area contributed by atoms with Crippen molar-refractivity contribution in [1.82, 2.24) is 0 Å². The van der Waals surface area contributed by atoms with E-state index in [1.54, 1.807) is 12.1 Å². The highest BCUT2D eigenvalue weighted by atomic mass is 32.2. The lowest BCUT2D eigenvalue weighted by Gasteiger charge is -2.05. The Hall–Kier alpha value is -2.32. The fraction of sp³-hybridized carbons (Fsp3) is 0.133. The lowest BCUT2D eigenvalue weighted by molar-refractivity contribution is -0.384. The Morgan fingerprint density at radius 3 is 2.40 bits per heavy atom. The molecular formula is C15H12N2O2S. The van der Waals surface area contributed by atoms with Crippen LogP contribution in [0.2, 0.25) is 0 Å². The zero-order chi connectivity index (χ0) is 14.5. The van der Waals surface area contributed by atoms with Crippen molar-refractivity contribution < 1.29 is 4.92 Å². The van der Waals surface area contributed by atoms with E-state index < -0.39 is 4.92 Å². The molecule has 2 aromatic rings. The molecule has 0 aromatic heterocycles. The molecule has 0 heterocycles. The fourth-order valence-corrected chi connectivity index (χ4v) is 2.69. The summed E-state index contributed by atoms with van der Waals surface area (Å²) in [4.78, 5) is 12.1. The van der Waals surface area contributed by atoms with Gasteiger partial charge in [0.25, 0.3) is 5.69 Å². The average Bonchev–Trinajstić information content (AvgIpc) is 2.47. The highest BCUT2D eigenvalue weighted by Crippen LogP contribution is 2.30. The highest BCUT2D eigenvalue weighted by molar-refractivity contribution is 7.99. The Morgan fingerprint density at radius 2 is 1.85 bits per heavy atom. The van der Waals surface area contributed by atoms with Crippen LogP contribution in [0.25, 0.3) is 0 Å². The Balaban J connectivity index is 2.22. The van der Waals surface area contributed by atoms with Gasteiger partial charge < -0.3 is 0 Å². The maximum atomic E-state index is 10.6. The third kappa shape index (κ3) is 3.16. The molecule has 0 saturated carbocycles. The van der Waals surface area contributed by atoms with Crippen LogP contribution in [0.1, 0.15) is 18.1 Å². The summed E-state index contributed by atoms with van der Waals surface area (Å²) in [6.45, 7) is 2.01. The average molecular weight is 284 g/mol. The molecule has 0 aliphatic rings. The molecule has 0 aliphatic carbocycles. The van der Waals surface area contributed by atoms with Crippen LogP contribution in [-0.2, 0) is 6.42 Å². The van der Waals surface area contributed by atoms with E-state index >= 15 is 0 Å². The number of hydrogen-bond acceptors (Lipinski definition) is 4. The maximum absolute atomic E-state index is 10.6. The van der Waals surface area contributed by atoms with Crippen LogP contribution in [0.15, 0.2) is 52.3 Å². The van der Waals surface area contributed by atoms with Crippen molar-refractivity contribution >= 4 is 17.4 Å². The molecule has 0 unspecified atom stereocenters. The third-order valence-corrected chi connectivity index (χ3v) is 3.86. The standard InChI is InChI=1S/C15H12N2O2S/c1-2-11-9-15(6-3-12(11)10-16)20-14-7-4-13(5-8-14)17(18)19/h3-9H,2H2,1H3. The Labute approximate surface area is 121 Å². The van der Waals surface area contributed by atoms with Crippen LogP contribution in [-0.4, -0.2) is 4.92 Å². The smallest absolute Gasteiger partial charge is 0.258 e. The molecule has 2 rings (SSSR count). The first-order valence-corrected chi connectivity index (χ1v) is 6.91. The van der Waals surface area contributed by atoms with E-state index in [2.05, 4.69) is 6.07 Å². The van der Waals surface area contributed by atoms with E-state index in [-0.39, 0.29) is 5.69 Å². The number of nitrogens with zero attached hydrogens (tertiary/aromatic N) is 2. The van der Waals surface area contributed by atoms with Gasteiger partial charge in [-0.05, 0) is 42.3 Å². The summed E-state index contributed by atoms with van der Waals surface area (Å²) in [5, 5.41) is 19.6. The molecule has 0 atom stereocenters. The normalized spacial score (nSPS) is 10.0. The summed E-state index contributed by atoms with van der Waals surface area (Å²) in [6.07, 6.45) is 0.803. The van der Waals surface area contributed by atoms with Gasteiger partial charge >= 0.3 is 0 Å². The summed E-state index contributed by atoms with van der Waals surface area (Å²) >= 11 is 1.52. The zero-order valence-corrected chi connectivity index (χ0v) is 11.7. The first-order chi connectivity index (χ1) is 9.63. The van der Waals surface area contributed by atoms with Crippen molar-refractivity contribution in [3.63, 3.8) is 0 Å². The Kier molecular flexibility index (Phi) is 4.38. The molecule has 0 radical (unpaired) electrons. The molecule has 0 N–H and O–H groups in total. The Morgan fingerprint density at radius 1 is 1.20 bits per heavy atom. The van der Waals surface area contributed by atoms with Gasteiger partial charge in [-0.25, -0.2) is 0 Å². The molecular weight excluding hydrogens is 272 g/mol. The van der Waals surface area contributed by atoms with Crippen LogP contribution >= 0.6 is 11.8 Å². The highest BCUT2D eigenvalue weighted by Gasteiger charge is 2.06. The molecule has 100 valence electrons. The second-order valence-electron chi connectivity index (χ2n) is 4.14. The fourth-order valence-electron chi connectivity index (χ4n) is 1.81. The van der Waals surface area contributed by atoms with E-state index in [0.717, 1.165) is 21.8 Å². The van der Waals surface area contributed by atoms with Crippen molar-refractivity contribution in [2.75, 3.05) is 0 Å². The third-order valence-electron chi connectivity index (χ3n) is 2.86. The van der Waals surface area contributed by atoms with Gasteiger partial charge in [0.15, 0.2) is 0 Å². The summed E-state index contributed by atoms with van der Waals surface area (Å²) in [7, 11) is 0. The summed E-state index contributed by atoms with van der Waals surface area (Å²) in [5.41, 5.74) is 1.79. The van der Waals surface area contributed by atoms with Crippen molar-refractivity contribution in [2.24, 2.45) is 0 Å². The second-order valence-corrected chi connectivity index (χ2v) is 5.28. The second kappa shape index (κ2) is 6.22. The van der Waals surface area contributed by atoms with Gasteiger partial charge in [-0.2, -0.15) is 5.26 Å². The molecule has 0 fully saturated rings. The number of non-ortho nitro benzene ring substituents is 1. The lowest BCUT2D eigenvalue weighted by atomic mass is 10.1. The minimum absolute atomic E-state index is 0.0865. The van der Waals surface area contributed by atoms with Crippen LogP contribution in [0.5, 0.6) is 0 Å². The van der Waals surface area contributed by atoms with Crippen molar-refractivity contribution in [1.29, 1.82) is 5.26 Å². The molecule has 0 amide bonds. The topological polar surface area (TPSA) is 66.9 Å². The number of rotatable bonds is 4. The van der Waals surface area contributed by atoms with Gasteiger partial charge in [0.1, 0.15) is 0 Å². The number of benzene rings is 2. The first-order valence-electron chi connectivity index (χ1n) is 6.09. The minimum Gasteiger partial charge on any atom is -0.258 e. The van der Waals surface area contributed by atoms with Gasteiger partial charge in [0.05, 0.1) is 16.6 Å². The van der Waals surface area contributed by atoms with Gasteiger partial charge in [0, 0.05) is 21.9 Å². The first kappa shape index (κ1) is 14.1. The van der Waals surface area contributed by atoms with Gasteiger partial charge in [0.2, 0.25) is 0 Å². The predicted octanol–water partition coefficient (Wildman–Crippen LogP) is 4.18. The molecule has 5 heteroatoms. The van der Waals surface area contributed by atoms with Crippen LogP contribution < -0.4 is 0 Å². The minimum atomic E-state index is -0.411. The van der Waals surface area contributed by atoms with Gasteiger partial charge in [-0.1, -0.05) is 18.7 Å². The molecule has 0 spiro atoms. The quantitative estimate of drug-likeness (QED) is 0.624. The Bertz CT molecular complexity index is 675. The monoisotopic (exact) mass is 284 g/mol. The van der Waals surface area contributed by atoms with Crippen molar-refractivity contribution in [3.8, 4) is 6.07 Å². The molecule has 2 aromatic carbocycles. The summed E-state index contributed by atoms with van der Waals surface area (Å²) < 4.78 is 0. The molecule has 4 nitrogen and oxygen atoms in total. The SMILES string of the molecule is CCc1cc(Sc2ccc([N+](=O)[O-])cc2)ccc1C#N.